The largest absolute Gasteiger partial charge is 0.364 e. The number of hydrogen-bond acceptors (Lipinski definition) is 7. The van der Waals surface area contributed by atoms with Gasteiger partial charge in [0, 0.05) is 44.1 Å². The quantitative estimate of drug-likeness (QED) is 0.665. The van der Waals surface area contributed by atoms with Gasteiger partial charge in [-0.05, 0) is 33.1 Å². The average Bonchev–Trinajstić information content (AvgIpc) is 3.29. The van der Waals surface area contributed by atoms with Crippen LogP contribution >= 0.6 is 0 Å². The molecule has 1 saturated heterocycles. The minimum atomic E-state index is 0.0338. The minimum Gasteiger partial charge on any atom is -0.364 e. The van der Waals surface area contributed by atoms with Crippen molar-refractivity contribution >= 4 is 23.0 Å². The highest BCUT2D eigenvalue weighted by Gasteiger charge is 2.31. The Kier molecular flexibility index (Phi) is 4.68. The average molecular weight is 407 g/mol. The number of carbonyl (C=O) groups is 1. The first kappa shape index (κ1) is 18.7. The molecule has 156 valence electrons. The number of aromatic nitrogens is 6. The maximum atomic E-state index is 12.3. The second kappa shape index (κ2) is 7.51. The van der Waals surface area contributed by atoms with Gasteiger partial charge >= 0.3 is 6.03 Å². The summed E-state index contributed by atoms with van der Waals surface area (Å²) in [7, 11) is 0. The summed E-state index contributed by atoms with van der Waals surface area (Å²) in [5.74, 6) is 2.18. The Balaban J connectivity index is 1.40. The molecule has 10 heteroatoms. The first-order chi connectivity index (χ1) is 14.6. The van der Waals surface area contributed by atoms with E-state index >= 15 is 0 Å². The lowest BCUT2D eigenvalue weighted by molar-refractivity contribution is 0.208. The smallest absolute Gasteiger partial charge is 0.317 e. The SMILES string of the molecule is CCn1c(-c2cnc(C)nc2)nc2c(NC3CCN(C(=O)NC4CC4)C3)ncnc21. The van der Waals surface area contributed by atoms with Crippen molar-refractivity contribution in [1.82, 2.24) is 39.7 Å². The summed E-state index contributed by atoms with van der Waals surface area (Å²) < 4.78 is 2.04. The van der Waals surface area contributed by atoms with Gasteiger partial charge in [0.05, 0.1) is 5.56 Å². The van der Waals surface area contributed by atoms with E-state index in [0.29, 0.717) is 24.9 Å². The molecule has 0 aromatic carbocycles. The molecule has 2 amide bonds. The number of nitrogens with zero attached hydrogens (tertiary/aromatic N) is 7. The third kappa shape index (κ3) is 3.53. The van der Waals surface area contributed by atoms with Crippen LogP contribution in [0.5, 0.6) is 0 Å². The zero-order valence-electron chi connectivity index (χ0n) is 17.2. The van der Waals surface area contributed by atoms with Gasteiger partial charge in [-0.25, -0.2) is 29.7 Å². The molecule has 4 heterocycles. The number of likely N-dealkylation sites (tertiary alicyclic amines) is 1. The Morgan fingerprint density at radius 2 is 1.93 bits per heavy atom. The first-order valence-electron chi connectivity index (χ1n) is 10.4. The van der Waals surface area contributed by atoms with Crippen LogP contribution < -0.4 is 10.6 Å². The lowest BCUT2D eigenvalue weighted by Gasteiger charge is -2.18. The van der Waals surface area contributed by atoms with E-state index in [1.165, 1.54) is 0 Å². The number of anilines is 1. The highest BCUT2D eigenvalue weighted by atomic mass is 16.2. The van der Waals surface area contributed by atoms with E-state index in [0.717, 1.165) is 54.2 Å². The maximum absolute atomic E-state index is 12.3. The van der Waals surface area contributed by atoms with Crippen LogP contribution in [0.1, 0.15) is 32.0 Å². The van der Waals surface area contributed by atoms with Gasteiger partial charge < -0.3 is 20.1 Å². The fourth-order valence-electron chi connectivity index (χ4n) is 3.82. The Morgan fingerprint density at radius 1 is 1.13 bits per heavy atom. The van der Waals surface area contributed by atoms with Crippen LogP contribution in [0.25, 0.3) is 22.6 Å². The van der Waals surface area contributed by atoms with Crippen LogP contribution in [0.2, 0.25) is 0 Å². The number of fused-ring (bicyclic) bond motifs is 1. The normalized spacial score (nSPS) is 18.7. The van der Waals surface area contributed by atoms with Crippen molar-refractivity contribution in [2.24, 2.45) is 0 Å². The second-order valence-corrected chi connectivity index (χ2v) is 7.89. The number of carbonyl (C=O) groups excluding carboxylic acids is 1. The number of imidazole rings is 1. The molecule has 2 aliphatic rings. The summed E-state index contributed by atoms with van der Waals surface area (Å²) in [5.41, 5.74) is 2.33. The van der Waals surface area contributed by atoms with E-state index in [9.17, 15) is 4.79 Å². The summed E-state index contributed by atoms with van der Waals surface area (Å²) in [6.45, 7) is 6.02. The van der Waals surface area contributed by atoms with Crippen molar-refractivity contribution in [3.05, 3.63) is 24.5 Å². The first-order valence-corrected chi connectivity index (χ1v) is 10.4. The Hall–Kier alpha value is -3.30. The highest BCUT2D eigenvalue weighted by molar-refractivity contribution is 5.86. The van der Waals surface area contributed by atoms with Crippen LogP contribution in [-0.4, -0.2) is 65.6 Å². The Morgan fingerprint density at radius 3 is 2.67 bits per heavy atom. The topological polar surface area (TPSA) is 114 Å². The van der Waals surface area contributed by atoms with E-state index in [2.05, 4.69) is 37.5 Å². The second-order valence-electron chi connectivity index (χ2n) is 7.89. The molecular formula is C20H25N9O. The molecule has 1 aliphatic heterocycles. The van der Waals surface area contributed by atoms with Gasteiger partial charge in [0.2, 0.25) is 0 Å². The van der Waals surface area contributed by atoms with Crippen LogP contribution in [0.15, 0.2) is 18.7 Å². The molecule has 3 aromatic heterocycles. The summed E-state index contributed by atoms with van der Waals surface area (Å²) in [4.78, 5) is 36.5. The van der Waals surface area contributed by atoms with Crippen LogP contribution in [0.4, 0.5) is 10.6 Å². The molecule has 0 spiro atoms. The Bertz CT molecular complexity index is 1070. The minimum absolute atomic E-state index is 0.0338. The zero-order valence-corrected chi connectivity index (χ0v) is 17.2. The van der Waals surface area contributed by atoms with E-state index in [-0.39, 0.29) is 12.1 Å². The zero-order chi connectivity index (χ0) is 20.7. The van der Waals surface area contributed by atoms with Gasteiger partial charge in [-0.15, -0.1) is 0 Å². The van der Waals surface area contributed by atoms with Gasteiger partial charge in [-0.2, -0.15) is 0 Å². The molecule has 5 rings (SSSR count). The van der Waals surface area contributed by atoms with Crippen LogP contribution in [-0.2, 0) is 6.54 Å². The van der Waals surface area contributed by atoms with Crippen LogP contribution in [0, 0.1) is 6.92 Å². The molecule has 1 aliphatic carbocycles. The summed E-state index contributed by atoms with van der Waals surface area (Å²) in [6, 6.07) is 0.533. The number of amides is 2. The van der Waals surface area contributed by atoms with E-state index < -0.39 is 0 Å². The van der Waals surface area contributed by atoms with Crippen LogP contribution in [0.3, 0.4) is 0 Å². The molecule has 30 heavy (non-hydrogen) atoms. The van der Waals surface area contributed by atoms with Crippen molar-refractivity contribution in [1.29, 1.82) is 0 Å². The third-order valence-corrected chi connectivity index (χ3v) is 5.61. The predicted molar refractivity (Wildman–Crippen MR) is 112 cm³/mol. The number of nitrogens with one attached hydrogen (secondary N) is 2. The van der Waals surface area contributed by atoms with Gasteiger partial charge in [0.1, 0.15) is 18.0 Å². The molecule has 1 saturated carbocycles. The lowest BCUT2D eigenvalue weighted by Crippen LogP contribution is -2.40. The van der Waals surface area contributed by atoms with Crippen molar-refractivity contribution in [3.63, 3.8) is 0 Å². The maximum Gasteiger partial charge on any atom is 0.317 e. The van der Waals surface area contributed by atoms with Gasteiger partial charge in [-0.3, -0.25) is 0 Å². The van der Waals surface area contributed by atoms with Gasteiger partial charge in [-0.1, -0.05) is 0 Å². The molecule has 1 atom stereocenters. The summed E-state index contributed by atoms with van der Waals surface area (Å²) in [6.07, 6.45) is 8.17. The van der Waals surface area contributed by atoms with Crippen molar-refractivity contribution in [3.8, 4) is 11.4 Å². The fraction of sp³-hybridized carbons (Fsp3) is 0.500. The number of rotatable bonds is 5. The standard InChI is InChI=1S/C20H25N9O/c1-3-29-18(13-8-21-12(2)22-9-13)27-16-17(23-11-24-19(16)29)25-15-6-7-28(10-15)20(30)26-14-4-5-14/h8-9,11,14-15H,3-7,10H2,1-2H3,(H,26,30)(H,23,24,25). The van der Waals surface area contributed by atoms with Gasteiger partial charge in [0.25, 0.3) is 0 Å². The summed E-state index contributed by atoms with van der Waals surface area (Å²) in [5, 5.41) is 6.54. The van der Waals surface area contributed by atoms with E-state index in [1.54, 1.807) is 18.7 Å². The molecular weight excluding hydrogens is 382 g/mol. The molecule has 2 N–H and O–H groups in total. The lowest BCUT2D eigenvalue weighted by atomic mass is 10.2. The highest BCUT2D eigenvalue weighted by Crippen LogP contribution is 2.27. The molecule has 2 fully saturated rings. The molecule has 3 aromatic rings. The van der Waals surface area contributed by atoms with E-state index in [1.807, 2.05) is 16.4 Å². The van der Waals surface area contributed by atoms with Crippen molar-refractivity contribution < 1.29 is 4.79 Å². The molecule has 1 unspecified atom stereocenters. The summed E-state index contributed by atoms with van der Waals surface area (Å²) >= 11 is 0. The molecule has 0 bridgehead atoms. The van der Waals surface area contributed by atoms with Crippen molar-refractivity contribution in [2.45, 2.75) is 51.7 Å². The van der Waals surface area contributed by atoms with Crippen molar-refractivity contribution in [2.75, 3.05) is 18.4 Å². The van der Waals surface area contributed by atoms with Gasteiger partial charge in [0.15, 0.2) is 17.0 Å². The molecule has 10 nitrogen and oxygen atoms in total. The molecule has 0 radical (unpaired) electrons. The predicted octanol–water partition coefficient (Wildman–Crippen LogP) is 1.97. The number of hydrogen-bond donors (Lipinski definition) is 2. The fourth-order valence-corrected chi connectivity index (χ4v) is 3.82. The monoisotopic (exact) mass is 407 g/mol. The number of aryl methyl sites for hydroxylation is 2. The third-order valence-electron chi connectivity index (χ3n) is 5.61. The Labute approximate surface area is 174 Å². The number of urea groups is 1. The van der Waals surface area contributed by atoms with E-state index in [4.69, 9.17) is 4.98 Å².